The quantitative estimate of drug-likeness (QED) is 0.0797. The number of benzene rings is 3. The van der Waals surface area contributed by atoms with E-state index in [1.807, 2.05) is 95.9 Å². The number of unbranched alkanes of at least 4 members (excludes halogenated alkanes) is 1. The summed E-state index contributed by atoms with van der Waals surface area (Å²) < 4.78 is 21.5. The van der Waals surface area contributed by atoms with E-state index in [9.17, 15) is 19.2 Å². The van der Waals surface area contributed by atoms with Gasteiger partial charge in [0.15, 0.2) is 0 Å². The Morgan fingerprint density at radius 2 is 1.00 bits per heavy atom. The molecule has 52 heavy (non-hydrogen) atoms. The van der Waals surface area contributed by atoms with Crippen LogP contribution in [-0.2, 0) is 38.8 Å². The highest BCUT2D eigenvalue weighted by Gasteiger charge is 2.19. The minimum absolute atomic E-state index is 0.118. The highest BCUT2D eigenvalue weighted by atomic mass is 16.6. The lowest BCUT2D eigenvalue weighted by Crippen LogP contribution is -2.48. The molecule has 1 unspecified atom stereocenters. The Morgan fingerprint density at radius 3 is 1.44 bits per heavy atom. The van der Waals surface area contributed by atoms with Crippen molar-refractivity contribution in [2.24, 2.45) is 0 Å². The lowest BCUT2D eigenvalue weighted by molar-refractivity contribution is 0.0526. The first-order valence-corrected chi connectivity index (χ1v) is 17.6. The largest absolute Gasteiger partial charge is 0.445 e. The van der Waals surface area contributed by atoms with Crippen LogP contribution in [0, 0.1) is 0 Å². The number of nitrogens with zero attached hydrogens (tertiary/aromatic N) is 1. The maximum atomic E-state index is 12.9. The van der Waals surface area contributed by atoms with E-state index in [-0.39, 0.29) is 39.0 Å². The number of hydrogen-bond acceptors (Lipinski definition) is 9. The van der Waals surface area contributed by atoms with Gasteiger partial charge >= 0.3 is 24.4 Å². The molecule has 0 bridgehead atoms. The maximum absolute atomic E-state index is 12.9. The number of rotatable bonds is 20. The molecule has 0 aromatic heterocycles. The first-order chi connectivity index (χ1) is 25.1. The van der Waals surface area contributed by atoms with E-state index in [4.69, 9.17) is 18.9 Å². The van der Waals surface area contributed by atoms with E-state index in [2.05, 4.69) is 21.3 Å². The molecule has 0 aliphatic heterocycles. The lowest BCUT2D eigenvalue weighted by Gasteiger charge is -2.28. The van der Waals surface area contributed by atoms with Crippen LogP contribution < -0.4 is 21.3 Å². The van der Waals surface area contributed by atoms with Crippen LogP contribution >= 0.6 is 0 Å². The van der Waals surface area contributed by atoms with Crippen molar-refractivity contribution in [2.75, 3.05) is 39.3 Å². The lowest BCUT2D eigenvalue weighted by atomic mass is 10.1. The molecule has 3 rings (SSSR count). The molecule has 0 aliphatic carbocycles. The second-order valence-corrected chi connectivity index (χ2v) is 13.1. The van der Waals surface area contributed by atoms with Crippen LogP contribution in [0.4, 0.5) is 19.2 Å². The molecule has 282 valence electrons. The number of ether oxygens (including phenoxy) is 4. The number of carbonyl (C=O) groups is 4. The first kappa shape index (κ1) is 41.1. The average molecular weight is 720 g/mol. The van der Waals surface area contributed by atoms with Crippen LogP contribution in [-0.4, -0.2) is 80.2 Å². The van der Waals surface area contributed by atoms with Gasteiger partial charge in [-0.2, -0.15) is 0 Å². The number of amides is 4. The molecule has 4 N–H and O–H groups in total. The van der Waals surface area contributed by atoms with Crippen molar-refractivity contribution < 1.29 is 38.1 Å². The van der Waals surface area contributed by atoms with E-state index < -0.39 is 30.0 Å². The van der Waals surface area contributed by atoms with E-state index in [0.29, 0.717) is 45.4 Å². The summed E-state index contributed by atoms with van der Waals surface area (Å²) in [6.07, 6.45) is -0.243. The van der Waals surface area contributed by atoms with Gasteiger partial charge in [-0.1, -0.05) is 91.0 Å². The highest BCUT2D eigenvalue weighted by Crippen LogP contribution is 2.09. The number of nitrogens with one attached hydrogen (secondary N) is 4. The van der Waals surface area contributed by atoms with Gasteiger partial charge in [-0.3, -0.25) is 4.90 Å². The Kier molecular flexibility index (Phi) is 18.4. The Balaban J connectivity index is 1.58. The van der Waals surface area contributed by atoms with Gasteiger partial charge in [0.1, 0.15) is 25.4 Å². The molecule has 0 heterocycles. The van der Waals surface area contributed by atoms with E-state index in [1.54, 1.807) is 20.8 Å². The Hall–Kier alpha value is -5.30. The molecule has 4 amide bonds. The van der Waals surface area contributed by atoms with Gasteiger partial charge in [0.05, 0.1) is 0 Å². The van der Waals surface area contributed by atoms with Gasteiger partial charge in [0.25, 0.3) is 0 Å². The molecule has 0 saturated heterocycles. The van der Waals surface area contributed by atoms with Crippen LogP contribution in [0.5, 0.6) is 0 Å². The van der Waals surface area contributed by atoms with Crippen molar-refractivity contribution in [2.45, 2.75) is 71.5 Å². The number of carbonyl (C=O) groups excluding carboxylic acids is 4. The third kappa shape index (κ3) is 19.2. The summed E-state index contributed by atoms with van der Waals surface area (Å²) in [5.74, 6) is 0. The zero-order valence-corrected chi connectivity index (χ0v) is 30.4. The normalized spacial score (nSPS) is 11.5. The summed E-state index contributed by atoms with van der Waals surface area (Å²) >= 11 is 0. The van der Waals surface area contributed by atoms with Gasteiger partial charge in [-0.15, -0.1) is 0 Å². The molecule has 13 heteroatoms. The maximum Gasteiger partial charge on any atom is 0.407 e. The van der Waals surface area contributed by atoms with Crippen molar-refractivity contribution in [3.8, 4) is 0 Å². The fourth-order valence-corrected chi connectivity index (χ4v) is 4.95. The van der Waals surface area contributed by atoms with Crippen molar-refractivity contribution in [3.63, 3.8) is 0 Å². The van der Waals surface area contributed by atoms with E-state index >= 15 is 0 Å². The summed E-state index contributed by atoms with van der Waals surface area (Å²) in [5.41, 5.74) is 2.01. The molecular formula is C39H53N5O8. The predicted octanol–water partition coefficient (Wildman–Crippen LogP) is 6.13. The summed E-state index contributed by atoms with van der Waals surface area (Å²) in [6, 6.07) is 27.8. The predicted molar refractivity (Wildman–Crippen MR) is 197 cm³/mol. The topological polar surface area (TPSA) is 157 Å². The number of hydrogen-bond donors (Lipinski definition) is 4. The molecule has 3 aromatic carbocycles. The van der Waals surface area contributed by atoms with Crippen molar-refractivity contribution in [1.82, 2.24) is 26.2 Å². The molecule has 0 fully saturated rings. The van der Waals surface area contributed by atoms with Crippen LogP contribution in [0.3, 0.4) is 0 Å². The average Bonchev–Trinajstić information content (AvgIpc) is 3.12. The summed E-state index contributed by atoms with van der Waals surface area (Å²) in [5, 5.41) is 11.3. The van der Waals surface area contributed by atoms with Crippen LogP contribution in [0.1, 0.15) is 56.7 Å². The van der Waals surface area contributed by atoms with Gasteiger partial charge in [-0.05, 0) is 56.7 Å². The molecule has 1 atom stereocenters. The van der Waals surface area contributed by atoms with Gasteiger partial charge < -0.3 is 40.2 Å². The number of alkyl carbamates (subject to hydrolysis) is 4. The zero-order chi connectivity index (χ0) is 37.4. The second kappa shape index (κ2) is 23.2. The van der Waals surface area contributed by atoms with Crippen molar-refractivity contribution in [1.29, 1.82) is 0 Å². The first-order valence-electron chi connectivity index (χ1n) is 17.6. The molecule has 0 spiro atoms. The van der Waals surface area contributed by atoms with E-state index in [0.717, 1.165) is 16.7 Å². The summed E-state index contributed by atoms with van der Waals surface area (Å²) in [4.78, 5) is 51.9. The molecule has 13 nitrogen and oxygen atoms in total. The smallest absolute Gasteiger partial charge is 0.407 e. The Bertz CT molecular complexity index is 1410. The molecular weight excluding hydrogens is 666 g/mol. The zero-order valence-electron chi connectivity index (χ0n) is 30.4. The minimum Gasteiger partial charge on any atom is -0.445 e. The van der Waals surface area contributed by atoms with Crippen LogP contribution in [0.2, 0.25) is 0 Å². The molecule has 0 radical (unpaired) electrons. The highest BCUT2D eigenvalue weighted by molar-refractivity contribution is 5.68. The minimum atomic E-state index is -0.594. The van der Waals surface area contributed by atoms with Gasteiger partial charge in [0, 0.05) is 45.3 Å². The molecule has 3 aromatic rings. The molecule has 0 aliphatic rings. The SMILES string of the molecule is CC(C)(C)OC(=O)NCCCCC(CN(CCNC(=O)OCc1ccccc1)CCNC(=O)OCc1ccccc1)NC(=O)OCc1ccccc1. The van der Waals surface area contributed by atoms with Gasteiger partial charge in [0.2, 0.25) is 0 Å². The fourth-order valence-electron chi connectivity index (χ4n) is 4.95. The van der Waals surface area contributed by atoms with E-state index in [1.165, 1.54) is 0 Å². The van der Waals surface area contributed by atoms with Crippen LogP contribution in [0.25, 0.3) is 0 Å². The monoisotopic (exact) mass is 719 g/mol. The summed E-state index contributed by atoms with van der Waals surface area (Å²) in [6.45, 7) is 7.94. The summed E-state index contributed by atoms with van der Waals surface area (Å²) in [7, 11) is 0. The standard InChI is InChI=1S/C39H53N5O8/c1-39(2,3)52-37(47)40-22-14-13-21-34(43-38(48)51-30-33-19-11-6-12-20-33)27-44(25-23-41-35(45)49-28-31-15-7-4-8-16-31)26-24-42-36(46)50-29-32-17-9-5-10-18-32/h4-12,15-20,34H,13-14,21-30H2,1-3H3,(H,40,47)(H,41,45)(H,42,46)(H,43,48). The van der Waals surface area contributed by atoms with Crippen LogP contribution in [0.15, 0.2) is 91.0 Å². The van der Waals surface area contributed by atoms with Gasteiger partial charge in [-0.25, -0.2) is 19.2 Å². The second-order valence-electron chi connectivity index (χ2n) is 13.1. The Morgan fingerprint density at radius 1 is 0.577 bits per heavy atom. The third-order valence-corrected chi connectivity index (χ3v) is 7.48. The molecule has 0 saturated carbocycles. The fraction of sp³-hybridized carbons (Fsp3) is 0.436. The third-order valence-electron chi connectivity index (χ3n) is 7.48. The Labute approximate surface area is 306 Å². The van der Waals surface area contributed by atoms with Crippen molar-refractivity contribution in [3.05, 3.63) is 108 Å². The van der Waals surface area contributed by atoms with Crippen molar-refractivity contribution >= 4 is 24.4 Å².